The molecule has 98 valence electrons. The van der Waals surface area contributed by atoms with Crippen molar-refractivity contribution >= 4 is 5.69 Å². The summed E-state index contributed by atoms with van der Waals surface area (Å²) in [6.07, 6.45) is 1.20. The first-order valence-electron chi connectivity index (χ1n) is 6.29. The van der Waals surface area contributed by atoms with Gasteiger partial charge in [0, 0.05) is 25.2 Å². The van der Waals surface area contributed by atoms with Crippen molar-refractivity contribution < 1.29 is 4.92 Å². The van der Waals surface area contributed by atoms with Gasteiger partial charge in [-0.15, -0.1) is 0 Å². The van der Waals surface area contributed by atoms with Crippen molar-refractivity contribution in [2.75, 3.05) is 26.7 Å². The van der Waals surface area contributed by atoms with Crippen LogP contribution in [0.15, 0.2) is 24.3 Å². The zero-order valence-corrected chi connectivity index (χ0v) is 10.6. The van der Waals surface area contributed by atoms with Crippen molar-refractivity contribution in [2.24, 2.45) is 5.92 Å². The molecule has 1 heterocycles. The third kappa shape index (κ3) is 3.27. The summed E-state index contributed by atoms with van der Waals surface area (Å²) in [4.78, 5) is 12.7. The van der Waals surface area contributed by atoms with E-state index in [1.807, 2.05) is 13.1 Å². The van der Waals surface area contributed by atoms with Gasteiger partial charge in [-0.3, -0.25) is 15.0 Å². The minimum Gasteiger partial charge on any atom is -0.319 e. The second-order valence-electron chi connectivity index (χ2n) is 4.87. The van der Waals surface area contributed by atoms with Gasteiger partial charge in [0.25, 0.3) is 5.69 Å². The van der Waals surface area contributed by atoms with Crippen molar-refractivity contribution in [2.45, 2.75) is 13.0 Å². The van der Waals surface area contributed by atoms with E-state index in [4.69, 9.17) is 0 Å². The van der Waals surface area contributed by atoms with Crippen LogP contribution in [0, 0.1) is 16.0 Å². The molecule has 0 aromatic heterocycles. The van der Waals surface area contributed by atoms with E-state index in [2.05, 4.69) is 10.2 Å². The predicted molar refractivity (Wildman–Crippen MR) is 70.4 cm³/mol. The standard InChI is InChI=1S/C13H19N3O2/c1-14-8-12-5-6-15(10-12)9-11-3-2-4-13(7-11)16(17)18/h2-4,7,12,14H,5-6,8-10H2,1H3. The van der Waals surface area contributed by atoms with Crippen molar-refractivity contribution in [3.63, 3.8) is 0 Å². The molecule has 1 aromatic carbocycles. The number of nitro benzene ring substituents is 1. The molecule has 0 bridgehead atoms. The first kappa shape index (κ1) is 13.0. The fourth-order valence-electron chi connectivity index (χ4n) is 2.54. The summed E-state index contributed by atoms with van der Waals surface area (Å²) in [6, 6.07) is 6.93. The van der Waals surface area contributed by atoms with Crippen LogP contribution in [0.2, 0.25) is 0 Å². The molecule has 1 fully saturated rings. The Bertz CT molecular complexity index is 422. The molecule has 1 unspecified atom stereocenters. The summed E-state index contributed by atoms with van der Waals surface area (Å²) in [6.45, 7) is 4.01. The fourth-order valence-corrected chi connectivity index (χ4v) is 2.54. The fraction of sp³-hybridized carbons (Fsp3) is 0.538. The Morgan fingerprint density at radius 2 is 2.39 bits per heavy atom. The van der Waals surface area contributed by atoms with Crippen LogP contribution in [-0.2, 0) is 6.54 Å². The SMILES string of the molecule is CNCC1CCN(Cc2cccc([N+](=O)[O-])c2)C1. The van der Waals surface area contributed by atoms with E-state index in [1.54, 1.807) is 12.1 Å². The summed E-state index contributed by atoms with van der Waals surface area (Å²) in [5.74, 6) is 0.702. The maximum atomic E-state index is 10.7. The van der Waals surface area contributed by atoms with Gasteiger partial charge < -0.3 is 5.32 Å². The number of non-ortho nitro benzene ring substituents is 1. The van der Waals surface area contributed by atoms with Crippen LogP contribution in [0.1, 0.15) is 12.0 Å². The lowest BCUT2D eigenvalue weighted by molar-refractivity contribution is -0.384. The first-order chi connectivity index (χ1) is 8.69. The predicted octanol–water partition coefficient (Wildman–Crippen LogP) is 1.64. The zero-order valence-electron chi connectivity index (χ0n) is 10.6. The van der Waals surface area contributed by atoms with Crippen LogP contribution in [-0.4, -0.2) is 36.5 Å². The number of nitrogens with one attached hydrogen (secondary N) is 1. The highest BCUT2D eigenvalue weighted by molar-refractivity contribution is 5.34. The van der Waals surface area contributed by atoms with Crippen molar-refractivity contribution in [3.05, 3.63) is 39.9 Å². The molecule has 0 spiro atoms. The van der Waals surface area contributed by atoms with Gasteiger partial charge in [0.15, 0.2) is 0 Å². The smallest absolute Gasteiger partial charge is 0.269 e. The van der Waals surface area contributed by atoms with Crippen LogP contribution in [0.3, 0.4) is 0 Å². The van der Waals surface area contributed by atoms with E-state index >= 15 is 0 Å². The second-order valence-corrected chi connectivity index (χ2v) is 4.87. The maximum Gasteiger partial charge on any atom is 0.269 e. The minimum atomic E-state index is -0.336. The Kier molecular flexibility index (Phi) is 4.28. The highest BCUT2D eigenvalue weighted by Gasteiger charge is 2.21. The molecule has 1 aliphatic rings. The average molecular weight is 249 g/mol. The number of hydrogen-bond acceptors (Lipinski definition) is 4. The normalized spacial score (nSPS) is 20.2. The van der Waals surface area contributed by atoms with E-state index < -0.39 is 0 Å². The maximum absolute atomic E-state index is 10.7. The van der Waals surface area contributed by atoms with Crippen molar-refractivity contribution in [3.8, 4) is 0 Å². The Balaban J connectivity index is 1.94. The molecule has 1 aromatic rings. The Labute approximate surface area is 107 Å². The zero-order chi connectivity index (χ0) is 13.0. The Morgan fingerprint density at radius 3 is 3.11 bits per heavy atom. The van der Waals surface area contributed by atoms with Crippen LogP contribution in [0.5, 0.6) is 0 Å². The first-order valence-corrected chi connectivity index (χ1v) is 6.29. The Hall–Kier alpha value is -1.46. The van der Waals surface area contributed by atoms with Crippen LogP contribution < -0.4 is 5.32 Å². The number of nitro groups is 1. The van der Waals surface area contributed by atoms with Gasteiger partial charge in [-0.25, -0.2) is 0 Å². The third-order valence-corrected chi connectivity index (χ3v) is 3.39. The molecular weight excluding hydrogens is 230 g/mol. The van der Waals surface area contributed by atoms with E-state index in [-0.39, 0.29) is 10.6 Å². The topological polar surface area (TPSA) is 58.4 Å². The number of nitrogens with zero attached hydrogens (tertiary/aromatic N) is 2. The summed E-state index contributed by atoms with van der Waals surface area (Å²) >= 11 is 0. The van der Waals surface area contributed by atoms with Gasteiger partial charge in [-0.2, -0.15) is 0 Å². The second kappa shape index (κ2) is 5.93. The highest BCUT2D eigenvalue weighted by Crippen LogP contribution is 2.20. The van der Waals surface area contributed by atoms with Gasteiger partial charge in [-0.05, 0) is 38.0 Å². The molecule has 1 aliphatic heterocycles. The molecule has 1 saturated heterocycles. The van der Waals surface area contributed by atoms with Crippen LogP contribution in [0.4, 0.5) is 5.69 Å². The van der Waals surface area contributed by atoms with E-state index in [0.717, 1.165) is 31.7 Å². The number of rotatable bonds is 5. The lowest BCUT2D eigenvalue weighted by atomic mass is 10.1. The number of benzene rings is 1. The van der Waals surface area contributed by atoms with Gasteiger partial charge in [-0.1, -0.05) is 12.1 Å². The molecule has 0 amide bonds. The van der Waals surface area contributed by atoms with Gasteiger partial charge in [0.2, 0.25) is 0 Å². The summed E-state index contributed by atoms with van der Waals surface area (Å²) < 4.78 is 0. The third-order valence-electron chi connectivity index (χ3n) is 3.39. The molecule has 0 saturated carbocycles. The average Bonchev–Trinajstić information content (AvgIpc) is 2.77. The van der Waals surface area contributed by atoms with Crippen LogP contribution >= 0.6 is 0 Å². The number of likely N-dealkylation sites (tertiary alicyclic amines) is 1. The highest BCUT2D eigenvalue weighted by atomic mass is 16.6. The molecular formula is C13H19N3O2. The molecule has 1 atom stereocenters. The monoisotopic (exact) mass is 249 g/mol. The lowest BCUT2D eigenvalue weighted by Crippen LogP contribution is -2.24. The molecule has 18 heavy (non-hydrogen) atoms. The van der Waals surface area contributed by atoms with Gasteiger partial charge in [0.1, 0.15) is 0 Å². The Morgan fingerprint density at radius 1 is 1.56 bits per heavy atom. The number of hydrogen-bond donors (Lipinski definition) is 1. The minimum absolute atomic E-state index is 0.179. The molecule has 0 radical (unpaired) electrons. The summed E-state index contributed by atoms with van der Waals surface area (Å²) in [7, 11) is 1.98. The van der Waals surface area contributed by atoms with E-state index in [0.29, 0.717) is 5.92 Å². The van der Waals surface area contributed by atoms with Gasteiger partial charge in [0.05, 0.1) is 4.92 Å². The largest absolute Gasteiger partial charge is 0.319 e. The molecule has 5 heteroatoms. The lowest BCUT2D eigenvalue weighted by Gasteiger charge is -2.15. The molecule has 2 rings (SSSR count). The van der Waals surface area contributed by atoms with Gasteiger partial charge >= 0.3 is 0 Å². The van der Waals surface area contributed by atoms with Crippen LogP contribution in [0.25, 0.3) is 0 Å². The van der Waals surface area contributed by atoms with Crippen molar-refractivity contribution in [1.29, 1.82) is 0 Å². The molecule has 0 aliphatic carbocycles. The molecule has 5 nitrogen and oxygen atoms in total. The van der Waals surface area contributed by atoms with E-state index in [9.17, 15) is 10.1 Å². The summed E-state index contributed by atoms with van der Waals surface area (Å²) in [5, 5.41) is 13.9. The molecule has 1 N–H and O–H groups in total. The summed E-state index contributed by atoms with van der Waals surface area (Å²) in [5.41, 5.74) is 1.20. The van der Waals surface area contributed by atoms with Crippen molar-refractivity contribution in [1.82, 2.24) is 10.2 Å². The quantitative estimate of drug-likeness (QED) is 0.636. The van der Waals surface area contributed by atoms with E-state index in [1.165, 1.54) is 12.5 Å².